The fourth-order valence-corrected chi connectivity index (χ4v) is 3.83. The molecule has 0 unspecified atom stereocenters. The molecule has 0 amide bonds. The average molecular weight is 262 g/mol. The minimum absolute atomic E-state index is 0.0140. The lowest BCUT2D eigenvalue weighted by Gasteiger charge is -2.36. The molecule has 2 aliphatic rings. The molecule has 1 aliphatic carbocycles. The molecule has 1 saturated carbocycles. The van der Waals surface area contributed by atoms with Crippen molar-refractivity contribution in [3.63, 3.8) is 0 Å². The quantitative estimate of drug-likeness (QED) is 0.890. The number of carbonyl (C=O) groups excluding carboxylic acids is 1. The van der Waals surface area contributed by atoms with E-state index in [9.17, 15) is 4.79 Å². The molecule has 0 aromatic carbocycles. The summed E-state index contributed by atoms with van der Waals surface area (Å²) in [6.45, 7) is 4.33. The highest BCUT2D eigenvalue weighted by Crippen LogP contribution is 2.39. The van der Waals surface area contributed by atoms with Crippen LogP contribution < -0.4 is 5.43 Å². The van der Waals surface area contributed by atoms with Gasteiger partial charge in [0.25, 0.3) is 0 Å². The highest BCUT2D eigenvalue weighted by atomic mass is 32.1. The van der Waals surface area contributed by atoms with Crippen molar-refractivity contribution in [2.45, 2.75) is 39.2 Å². The summed E-state index contributed by atoms with van der Waals surface area (Å²) >= 11 is 1.73. The van der Waals surface area contributed by atoms with Gasteiger partial charge in [0.05, 0.1) is 17.7 Å². The van der Waals surface area contributed by atoms with Gasteiger partial charge in [0.1, 0.15) is 5.78 Å². The number of nitrogens with one attached hydrogen (secondary N) is 1. The van der Waals surface area contributed by atoms with Gasteiger partial charge in [0, 0.05) is 17.7 Å². The van der Waals surface area contributed by atoms with Gasteiger partial charge in [-0.25, -0.2) is 0 Å². The molecule has 1 aliphatic heterocycles. The molecular formula is C14H18N2OS. The number of hydrogen-bond donors (Lipinski definition) is 1. The summed E-state index contributed by atoms with van der Waals surface area (Å²) in [4.78, 5) is 13.6. The van der Waals surface area contributed by atoms with Crippen molar-refractivity contribution in [1.82, 2.24) is 5.43 Å². The van der Waals surface area contributed by atoms with E-state index < -0.39 is 0 Å². The molecule has 4 heteroatoms. The van der Waals surface area contributed by atoms with Gasteiger partial charge in [-0.3, -0.25) is 4.79 Å². The van der Waals surface area contributed by atoms with E-state index in [1.165, 1.54) is 4.88 Å². The van der Waals surface area contributed by atoms with Crippen molar-refractivity contribution in [1.29, 1.82) is 0 Å². The number of hydrogen-bond acceptors (Lipinski definition) is 4. The third kappa shape index (κ3) is 2.09. The Morgan fingerprint density at radius 1 is 1.56 bits per heavy atom. The summed E-state index contributed by atoms with van der Waals surface area (Å²) in [5.41, 5.74) is 4.32. The van der Waals surface area contributed by atoms with Gasteiger partial charge >= 0.3 is 0 Å². The van der Waals surface area contributed by atoms with Crippen LogP contribution in [0.25, 0.3) is 0 Å². The fourth-order valence-electron chi connectivity index (χ4n) is 3.11. The number of ketones is 1. The number of rotatable bonds is 2. The lowest BCUT2D eigenvalue weighted by atomic mass is 9.68. The highest BCUT2D eigenvalue weighted by molar-refractivity contribution is 7.10. The number of nitrogens with zero attached hydrogens (tertiary/aromatic N) is 1. The second-order valence-corrected chi connectivity index (χ2v) is 7.12. The van der Waals surface area contributed by atoms with Crippen molar-refractivity contribution >= 4 is 22.8 Å². The van der Waals surface area contributed by atoms with Gasteiger partial charge in [0.2, 0.25) is 0 Å². The number of hydrazone groups is 1. The van der Waals surface area contributed by atoms with Crippen molar-refractivity contribution in [3.8, 4) is 0 Å². The minimum atomic E-state index is 0.0140. The van der Waals surface area contributed by atoms with Crippen LogP contribution in [-0.4, -0.2) is 17.5 Å². The van der Waals surface area contributed by atoms with Crippen LogP contribution >= 0.6 is 11.3 Å². The Bertz CT molecular complexity index is 490. The molecule has 2 atom stereocenters. The predicted octanol–water partition coefficient (Wildman–Crippen LogP) is 2.62. The fraction of sp³-hybridized carbons (Fsp3) is 0.571. The number of carbonyl (C=O) groups is 1. The third-order valence-electron chi connectivity index (χ3n) is 3.84. The third-order valence-corrected chi connectivity index (χ3v) is 4.72. The van der Waals surface area contributed by atoms with E-state index in [4.69, 9.17) is 0 Å². The highest BCUT2D eigenvalue weighted by Gasteiger charge is 2.45. The molecule has 18 heavy (non-hydrogen) atoms. The van der Waals surface area contributed by atoms with Gasteiger partial charge in [-0.2, -0.15) is 5.10 Å². The maximum atomic E-state index is 12.3. The molecule has 1 aromatic rings. The molecule has 1 fully saturated rings. The largest absolute Gasteiger partial charge is 0.306 e. The lowest BCUT2D eigenvalue weighted by Crippen LogP contribution is -2.45. The Labute approximate surface area is 111 Å². The van der Waals surface area contributed by atoms with E-state index in [0.717, 1.165) is 18.6 Å². The Morgan fingerprint density at radius 2 is 2.39 bits per heavy atom. The minimum Gasteiger partial charge on any atom is -0.306 e. The normalized spacial score (nSPS) is 29.7. The van der Waals surface area contributed by atoms with Gasteiger partial charge < -0.3 is 5.43 Å². The molecule has 0 spiro atoms. The molecule has 2 heterocycles. The zero-order valence-electron chi connectivity index (χ0n) is 10.8. The van der Waals surface area contributed by atoms with Crippen molar-refractivity contribution < 1.29 is 4.79 Å². The zero-order valence-corrected chi connectivity index (χ0v) is 11.6. The zero-order chi connectivity index (χ0) is 12.8. The standard InChI is InChI=1S/C14H18N2OS/c1-14(2)7-11-13(12(17)8-14)10(15-16-11)6-9-4-3-5-18-9/h3-5,11,13,16H,6-8H2,1-2H3/t11-,13+/m1/s1. The molecule has 3 nitrogen and oxygen atoms in total. The molecular weight excluding hydrogens is 244 g/mol. The smallest absolute Gasteiger partial charge is 0.144 e. The van der Waals surface area contributed by atoms with E-state index in [2.05, 4.69) is 35.8 Å². The van der Waals surface area contributed by atoms with Crippen molar-refractivity contribution in [2.24, 2.45) is 16.4 Å². The maximum absolute atomic E-state index is 12.3. The molecule has 0 saturated heterocycles. The predicted molar refractivity (Wildman–Crippen MR) is 73.9 cm³/mol. The average Bonchev–Trinajstić information content (AvgIpc) is 2.87. The Kier molecular flexibility index (Phi) is 2.77. The van der Waals surface area contributed by atoms with Crippen molar-refractivity contribution in [3.05, 3.63) is 22.4 Å². The molecule has 0 radical (unpaired) electrons. The van der Waals surface area contributed by atoms with E-state index >= 15 is 0 Å². The van der Waals surface area contributed by atoms with E-state index in [0.29, 0.717) is 12.2 Å². The second kappa shape index (κ2) is 4.19. The maximum Gasteiger partial charge on any atom is 0.144 e. The summed E-state index contributed by atoms with van der Waals surface area (Å²) in [6, 6.07) is 4.38. The topological polar surface area (TPSA) is 41.5 Å². The first-order valence-electron chi connectivity index (χ1n) is 6.42. The van der Waals surface area contributed by atoms with E-state index in [-0.39, 0.29) is 17.4 Å². The number of fused-ring (bicyclic) bond motifs is 1. The molecule has 1 N–H and O–H groups in total. The van der Waals surface area contributed by atoms with Gasteiger partial charge in [-0.15, -0.1) is 11.3 Å². The number of Topliss-reactive ketones (excluding diaryl/α,β-unsaturated/α-hetero) is 1. The van der Waals surface area contributed by atoms with E-state index in [1.54, 1.807) is 11.3 Å². The molecule has 0 bridgehead atoms. The first-order chi connectivity index (χ1) is 8.55. The first kappa shape index (κ1) is 11.9. The molecule has 96 valence electrons. The monoisotopic (exact) mass is 262 g/mol. The molecule has 3 rings (SSSR count). The Balaban J connectivity index is 1.78. The summed E-state index contributed by atoms with van der Waals surface area (Å²) in [5.74, 6) is 0.372. The Morgan fingerprint density at radius 3 is 3.11 bits per heavy atom. The van der Waals surface area contributed by atoms with Crippen LogP contribution in [0.5, 0.6) is 0 Å². The van der Waals surface area contributed by atoms with Gasteiger partial charge in [-0.1, -0.05) is 19.9 Å². The summed E-state index contributed by atoms with van der Waals surface area (Å²) < 4.78 is 0. The van der Waals surface area contributed by atoms with E-state index in [1.807, 2.05) is 6.07 Å². The van der Waals surface area contributed by atoms with Crippen molar-refractivity contribution in [2.75, 3.05) is 0 Å². The lowest BCUT2D eigenvalue weighted by molar-refractivity contribution is -0.126. The van der Waals surface area contributed by atoms with Crippen LogP contribution in [0.4, 0.5) is 0 Å². The SMILES string of the molecule is CC1(C)CC(=O)[C@H]2C(Cc3cccs3)=NN[C@@H]2C1. The van der Waals surface area contributed by atoms with Gasteiger partial charge in [-0.05, 0) is 23.3 Å². The van der Waals surface area contributed by atoms with Crippen LogP contribution in [0.1, 0.15) is 31.6 Å². The summed E-state index contributed by atoms with van der Waals surface area (Å²) in [5, 5.41) is 6.49. The Hall–Kier alpha value is -1.16. The second-order valence-electron chi connectivity index (χ2n) is 6.08. The van der Waals surface area contributed by atoms with Crippen LogP contribution in [0, 0.1) is 11.3 Å². The van der Waals surface area contributed by atoms with Crippen LogP contribution in [-0.2, 0) is 11.2 Å². The molecule has 1 aromatic heterocycles. The first-order valence-corrected chi connectivity index (χ1v) is 7.30. The number of thiophene rings is 1. The van der Waals surface area contributed by atoms with Crippen LogP contribution in [0.2, 0.25) is 0 Å². The van der Waals surface area contributed by atoms with Crippen LogP contribution in [0.3, 0.4) is 0 Å². The summed E-state index contributed by atoms with van der Waals surface area (Å²) in [6.07, 6.45) is 2.53. The van der Waals surface area contributed by atoms with Gasteiger partial charge in [0.15, 0.2) is 0 Å². The summed E-state index contributed by atoms with van der Waals surface area (Å²) in [7, 11) is 0. The van der Waals surface area contributed by atoms with Crippen LogP contribution in [0.15, 0.2) is 22.6 Å².